The molecule has 2 aromatic rings. The van der Waals surface area contributed by atoms with Crippen LogP contribution in [0.1, 0.15) is 18.1 Å². The van der Waals surface area contributed by atoms with E-state index in [4.69, 9.17) is 9.47 Å². The molecule has 0 saturated carbocycles. The Labute approximate surface area is 176 Å². The smallest absolute Gasteiger partial charge is 0.255 e. The first-order chi connectivity index (χ1) is 14.2. The highest BCUT2D eigenvalue weighted by Crippen LogP contribution is 2.36. The number of anilines is 2. The Kier molecular flexibility index (Phi) is 6.00. The molecule has 0 atom stereocenters. The number of nitrogens with one attached hydrogen (secondary N) is 1. The summed E-state index contributed by atoms with van der Waals surface area (Å²) < 4.78 is 11.5. The third-order valence-corrected chi connectivity index (χ3v) is 6.08. The molecule has 0 bridgehead atoms. The molecule has 2 aromatic carbocycles. The maximum absolute atomic E-state index is 12.8. The number of ether oxygens (including phenoxy) is 2. The molecule has 0 spiro atoms. The van der Waals surface area contributed by atoms with Gasteiger partial charge in [0.1, 0.15) is 6.61 Å². The van der Waals surface area contributed by atoms with Gasteiger partial charge in [0.05, 0.1) is 12.2 Å². The zero-order valence-corrected chi connectivity index (χ0v) is 17.7. The van der Waals surface area contributed by atoms with E-state index in [0.29, 0.717) is 23.7 Å². The van der Waals surface area contributed by atoms with Crippen LogP contribution in [-0.4, -0.2) is 43.7 Å². The van der Waals surface area contributed by atoms with Crippen LogP contribution in [0.4, 0.5) is 11.4 Å². The first-order valence-corrected chi connectivity index (χ1v) is 11.1. The number of amides is 1. The number of carbonyl (C=O) groups excluding carboxylic acids is 1. The number of carbonyl (C=O) groups is 1. The van der Waals surface area contributed by atoms with Crippen molar-refractivity contribution < 1.29 is 14.3 Å². The SMILES string of the molecule is CCOc1cccc2c1OCC(C(=O)Nc1ccc(N3CCSCC3)cc1C)=C2. The van der Waals surface area contributed by atoms with E-state index in [0.717, 1.165) is 41.4 Å². The van der Waals surface area contributed by atoms with Gasteiger partial charge in [-0.05, 0) is 49.8 Å². The molecule has 1 amide bonds. The first-order valence-electron chi connectivity index (χ1n) is 9.99. The van der Waals surface area contributed by atoms with Gasteiger partial charge in [0.15, 0.2) is 11.5 Å². The minimum absolute atomic E-state index is 0.136. The monoisotopic (exact) mass is 410 g/mol. The van der Waals surface area contributed by atoms with Crippen LogP contribution in [0.3, 0.4) is 0 Å². The highest BCUT2D eigenvalue weighted by Gasteiger charge is 2.21. The van der Waals surface area contributed by atoms with Crippen LogP contribution in [0.25, 0.3) is 6.08 Å². The molecule has 29 heavy (non-hydrogen) atoms. The second-order valence-electron chi connectivity index (χ2n) is 7.12. The van der Waals surface area contributed by atoms with Crippen molar-refractivity contribution in [2.45, 2.75) is 13.8 Å². The number of para-hydroxylation sites is 1. The summed E-state index contributed by atoms with van der Waals surface area (Å²) in [6.45, 7) is 6.92. The summed E-state index contributed by atoms with van der Waals surface area (Å²) in [5.74, 6) is 3.60. The summed E-state index contributed by atoms with van der Waals surface area (Å²) in [4.78, 5) is 15.2. The number of rotatable bonds is 5. The quantitative estimate of drug-likeness (QED) is 0.794. The number of thioether (sulfide) groups is 1. The van der Waals surface area contributed by atoms with Gasteiger partial charge in [-0.3, -0.25) is 4.79 Å². The summed E-state index contributed by atoms with van der Waals surface area (Å²) in [6.07, 6.45) is 1.88. The minimum Gasteiger partial charge on any atom is -0.490 e. The van der Waals surface area contributed by atoms with Crippen LogP contribution in [0.15, 0.2) is 42.0 Å². The standard InChI is InChI=1S/C23H26N2O3S/c1-3-27-21-6-4-5-17-14-18(15-28-22(17)21)23(26)24-20-8-7-19(13-16(20)2)25-9-11-29-12-10-25/h4-8,13-14H,3,9-12,15H2,1-2H3,(H,24,26). The van der Waals surface area contributed by atoms with E-state index in [-0.39, 0.29) is 12.5 Å². The van der Waals surface area contributed by atoms with E-state index < -0.39 is 0 Å². The lowest BCUT2D eigenvalue weighted by Gasteiger charge is -2.29. The summed E-state index contributed by atoms with van der Waals surface area (Å²) in [5.41, 5.74) is 4.58. The van der Waals surface area contributed by atoms with Crippen molar-refractivity contribution in [2.24, 2.45) is 0 Å². The lowest BCUT2D eigenvalue weighted by molar-refractivity contribution is -0.113. The van der Waals surface area contributed by atoms with Gasteiger partial charge in [-0.2, -0.15) is 11.8 Å². The molecule has 0 unspecified atom stereocenters. The summed E-state index contributed by atoms with van der Waals surface area (Å²) >= 11 is 2.00. The zero-order valence-electron chi connectivity index (χ0n) is 16.9. The highest BCUT2D eigenvalue weighted by atomic mass is 32.2. The van der Waals surface area contributed by atoms with Crippen molar-refractivity contribution in [2.75, 3.05) is 48.0 Å². The Bertz CT molecular complexity index is 936. The predicted octanol–water partition coefficient (Wildman–Crippen LogP) is 4.36. The van der Waals surface area contributed by atoms with Crippen molar-refractivity contribution >= 4 is 35.1 Å². The number of benzene rings is 2. The molecule has 1 N–H and O–H groups in total. The van der Waals surface area contributed by atoms with Crippen molar-refractivity contribution in [1.29, 1.82) is 0 Å². The van der Waals surface area contributed by atoms with Crippen LogP contribution in [-0.2, 0) is 4.79 Å². The van der Waals surface area contributed by atoms with Crippen LogP contribution in [0, 0.1) is 6.92 Å². The number of nitrogens with zero attached hydrogens (tertiary/aromatic N) is 1. The predicted molar refractivity (Wildman–Crippen MR) is 120 cm³/mol. The lowest BCUT2D eigenvalue weighted by Crippen LogP contribution is -2.32. The van der Waals surface area contributed by atoms with Gasteiger partial charge in [0.2, 0.25) is 0 Å². The van der Waals surface area contributed by atoms with Crippen molar-refractivity contribution in [3.63, 3.8) is 0 Å². The molecule has 1 saturated heterocycles. The van der Waals surface area contributed by atoms with E-state index >= 15 is 0 Å². The summed E-state index contributed by atoms with van der Waals surface area (Å²) in [5, 5.41) is 3.04. The fourth-order valence-corrected chi connectivity index (χ4v) is 4.49. The molecule has 152 valence electrons. The third kappa shape index (κ3) is 4.37. The Morgan fingerprint density at radius 1 is 1.24 bits per heavy atom. The Morgan fingerprint density at radius 2 is 2.07 bits per heavy atom. The molecule has 4 rings (SSSR count). The third-order valence-electron chi connectivity index (χ3n) is 5.14. The number of hydrogen-bond acceptors (Lipinski definition) is 5. The van der Waals surface area contributed by atoms with Crippen molar-refractivity contribution in [1.82, 2.24) is 0 Å². The fourth-order valence-electron chi connectivity index (χ4n) is 3.59. The van der Waals surface area contributed by atoms with E-state index in [9.17, 15) is 4.79 Å². The molecule has 2 heterocycles. The van der Waals surface area contributed by atoms with E-state index in [1.165, 1.54) is 5.69 Å². The highest BCUT2D eigenvalue weighted by molar-refractivity contribution is 7.99. The van der Waals surface area contributed by atoms with Gasteiger partial charge >= 0.3 is 0 Å². The fraction of sp³-hybridized carbons (Fsp3) is 0.348. The second kappa shape index (κ2) is 8.82. The van der Waals surface area contributed by atoms with Gasteiger partial charge in [0, 0.05) is 41.5 Å². The molecular weight excluding hydrogens is 384 g/mol. The molecule has 2 aliphatic heterocycles. The van der Waals surface area contributed by atoms with E-state index in [1.54, 1.807) is 0 Å². The summed E-state index contributed by atoms with van der Waals surface area (Å²) in [6, 6.07) is 12.0. The number of aryl methyl sites for hydroxylation is 1. The average molecular weight is 411 g/mol. The van der Waals surface area contributed by atoms with Gasteiger partial charge in [-0.1, -0.05) is 12.1 Å². The molecule has 0 aliphatic carbocycles. The molecule has 6 heteroatoms. The molecule has 0 radical (unpaired) electrons. The summed E-state index contributed by atoms with van der Waals surface area (Å²) in [7, 11) is 0. The van der Waals surface area contributed by atoms with Gasteiger partial charge in [0.25, 0.3) is 5.91 Å². The van der Waals surface area contributed by atoms with Gasteiger partial charge < -0.3 is 19.7 Å². The van der Waals surface area contributed by atoms with Crippen LogP contribution >= 0.6 is 11.8 Å². The van der Waals surface area contributed by atoms with Crippen LogP contribution in [0.2, 0.25) is 0 Å². The topological polar surface area (TPSA) is 50.8 Å². The normalized spacial score (nSPS) is 15.8. The van der Waals surface area contributed by atoms with Crippen molar-refractivity contribution in [3.8, 4) is 11.5 Å². The Balaban J connectivity index is 1.49. The number of fused-ring (bicyclic) bond motifs is 1. The molecule has 0 aromatic heterocycles. The van der Waals surface area contributed by atoms with E-state index in [1.807, 2.05) is 56.0 Å². The van der Waals surface area contributed by atoms with Gasteiger partial charge in [-0.15, -0.1) is 0 Å². The molecule has 5 nitrogen and oxygen atoms in total. The molecular formula is C23H26N2O3S. The van der Waals surface area contributed by atoms with Crippen LogP contribution in [0.5, 0.6) is 11.5 Å². The van der Waals surface area contributed by atoms with Crippen LogP contribution < -0.4 is 19.7 Å². The molecule has 2 aliphatic rings. The maximum atomic E-state index is 12.8. The second-order valence-corrected chi connectivity index (χ2v) is 8.34. The Hall–Kier alpha value is -2.60. The van der Waals surface area contributed by atoms with Gasteiger partial charge in [-0.25, -0.2) is 0 Å². The minimum atomic E-state index is -0.136. The van der Waals surface area contributed by atoms with Crippen molar-refractivity contribution in [3.05, 3.63) is 53.1 Å². The average Bonchev–Trinajstić information content (AvgIpc) is 2.76. The first kappa shape index (κ1) is 19.7. The number of hydrogen-bond donors (Lipinski definition) is 1. The largest absolute Gasteiger partial charge is 0.490 e. The van der Waals surface area contributed by atoms with E-state index in [2.05, 4.69) is 22.3 Å². The maximum Gasteiger partial charge on any atom is 0.255 e. The molecule has 1 fully saturated rings. The Morgan fingerprint density at radius 3 is 2.83 bits per heavy atom. The lowest BCUT2D eigenvalue weighted by atomic mass is 10.1. The zero-order chi connectivity index (χ0) is 20.2.